The Labute approximate surface area is 706 Å². The van der Waals surface area contributed by atoms with E-state index in [0.717, 1.165) is 110 Å². The van der Waals surface area contributed by atoms with Gasteiger partial charge in [0.15, 0.2) is 0 Å². The number of benzene rings is 9. The third-order valence-corrected chi connectivity index (χ3v) is 22.1. The first-order valence-corrected chi connectivity index (χ1v) is 41.2. The number of rotatable bonds is 24. The van der Waals surface area contributed by atoms with E-state index in [-0.39, 0.29) is 62.2 Å². The van der Waals surface area contributed by atoms with Crippen LogP contribution in [0.25, 0.3) is 0 Å². The molecule has 1 N–H and O–H groups in total. The Bertz CT molecular complexity index is 5060. The lowest BCUT2D eigenvalue weighted by atomic mass is 9.96. The minimum absolute atomic E-state index is 0.0139. The number of fused-ring (bicyclic) bond motifs is 5. The van der Waals surface area contributed by atoms with Crippen LogP contribution < -0.4 is 48.6 Å². The first-order valence-electron chi connectivity index (χ1n) is 41.2. The summed E-state index contributed by atoms with van der Waals surface area (Å²) in [5.74, 6) is 2.07. The van der Waals surface area contributed by atoms with E-state index < -0.39 is 11.7 Å². The summed E-state index contributed by atoms with van der Waals surface area (Å²) in [5.41, 5.74) is 20.9. The summed E-state index contributed by atoms with van der Waals surface area (Å²) in [7, 11) is 0. The molecule has 0 atom stereocenters. The largest absolute Gasteiger partial charge is 0.489 e. The zero-order chi connectivity index (χ0) is 86.8. The summed E-state index contributed by atoms with van der Waals surface area (Å²) in [6.07, 6.45) is 9.55. The lowest BCUT2D eigenvalue weighted by Gasteiger charge is -2.31. The number of nitrogens with zero attached hydrogens (tertiary/aromatic N) is 4. The average molecular weight is 1650 g/mol. The maximum absolute atomic E-state index is 13.8. The molecule has 0 saturated heterocycles. The van der Waals surface area contributed by atoms with Crippen LogP contribution in [-0.4, -0.2) is 95.3 Å². The topological polar surface area (TPSA) is 156 Å². The van der Waals surface area contributed by atoms with E-state index in [0.29, 0.717) is 187 Å². The maximum atomic E-state index is 13.8. The average Bonchev–Trinajstić information content (AvgIpc) is 0.779. The molecule has 0 spiro atoms. The lowest BCUT2D eigenvalue weighted by Crippen LogP contribution is -2.38. The zero-order valence-corrected chi connectivity index (χ0v) is 70.8. The molecule has 15 nitrogen and oxygen atoms in total. The molecule has 0 aliphatic carbocycles. The van der Waals surface area contributed by atoms with E-state index in [1.165, 1.54) is 0 Å². The Morgan fingerprint density at radius 1 is 0.331 bits per heavy atom. The van der Waals surface area contributed by atoms with Crippen LogP contribution in [-0.2, 0) is 32.1 Å². The van der Waals surface area contributed by atoms with Gasteiger partial charge in [-0.15, -0.1) is 0 Å². The van der Waals surface area contributed by atoms with Crippen molar-refractivity contribution in [2.24, 2.45) is 0 Å². The number of nitrogens with one attached hydrogen (secondary N) is 1. The van der Waals surface area contributed by atoms with Gasteiger partial charge in [0.05, 0.1) is 37.2 Å². The van der Waals surface area contributed by atoms with Crippen molar-refractivity contribution in [3.05, 3.63) is 324 Å². The molecule has 0 fully saturated rings. The number of aryl methyl sites for hydroxylation is 6. The number of hydrogen-bond acceptors (Lipinski definition) is 10. The van der Waals surface area contributed by atoms with Gasteiger partial charge in [-0.3, -0.25) is 24.0 Å². The van der Waals surface area contributed by atoms with Crippen molar-refractivity contribution >= 4 is 52.3 Å². The van der Waals surface area contributed by atoms with Gasteiger partial charge in [0, 0.05) is 83.8 Å². The number of hydrogen-bond donors (Lipinski definition) is 1. The zero-order valence-electron chi connectivity index (χ0n) is 70.8. The highest BCUT2D eigenvalue weighted by molar-refractivity contribution is 6.11. The van der Waals surface area contributed by atoms with Gasteiger partial charge in [0.2, 0.25) is 0 Å². The minimum Gasteiger partial charge on any atom is -0.489 e. The Morgan fingerprint density at radius 3 is 0.901 bits per heavy atom. The predicted molar refractivity (Wildman–Crippen MR) is 469 cm³/mol. The van der Waals surface area contributed by atoms with Crippen molar-refractivity contribution in [3.8, 4) is 28.7 Å². The number of para-hydroxylation sites is 4. The first kappa shape index (κ1) is 90.9. The number of carbonyl (C=O) groups is 5. The molecule has 121 heavy (non-hydrogen) atoms. The minimum atomic E-state index is -0.605. The fourth-order valence-corrected chi connectivity index (χ4v) is 14.8. The van der Waals surface area contributed by atoms with Crippen molar-refractivity contribution in [1.82, 2.24) is 5.32 Å². The maximum Gasteiger partial charge on any atom is 0.258 e. The molecule has 21 heteroatoms. The second-order valence-corrected chi connectivity index (χ2v) is 30.1. The predicted octanol–water partition coefficient (Wildman–Crippen LogP) is 22.7. The molecule has 14 rings (SSSR count). The summed E-state index contributed by atoms with van der Waals surface area (Å²) >= 11 is 0. The third kappa shape index (κ3) is 23.0. The van der Waals surface area contributed by atoms with Gasteiger partial charge < -0.3 is 48.6 Å². The first-order chi connectivity index (χ1) is 58.5. The van der Waals surface area contributed by atoms with E-state index >= 15 is 0 Å². The highest BCUT2D eigenvalue weighted by Crippen LogP contribution is 2.37. The van der Waals surface area contributed by atoms with Gasteiger partial charge in [-0.25, -0.2) is 26.3 Å². The summed E-state index contributed by atoms with van der Waals surface area (Å²) < 4.78 is 105. The molecule has 9 aromatic carbocycles. The summed E-state index contributed by atoms with van der Waals surface area (Å²) in [6.45, 7) is 25.6. The van der Waals surface area contributed by atoms with Crippen LogP contribution in [0.3, 0.4) is 0 Å². The van der Waals surface area contributed by atoms with Crippen LogP contribution in [0.5, 0.6) is 28.7 Å². The fraction of sp³-hybridized carbons (Fsp3) is 0.310. The molecule has 0 unspecified atom stereocenters. The van der Waals surface area contributed by atoms with E-state index in [1.807, 2.05) is 229 Å². The quantitative estimate of drug-likeness (QED) is 0.0578. The Kier molecular flexibility index (Phi) is 33.1. The van der Waals surface area contributed by atoms with Gasteiger partial charge >= 0.3 is 0 Å². The summed E-state index contributed by atoms with van der Waals surface area (Å²) in [6, 6.07) is 52.8. The van der Waals surface area contributed by atoms with E-state index in [9.17, 15) is 50.3 Å². The molecule has 5 amide bonds. The number of carbonyl (C=O) groups excluding carboxylic acids is 5. The van der Waals surface area contributed by atoms with Gasteiger partial charge in [-0.05, 0) is 286 Å². The second-order valence-electron chi connectivity index (χ2n) is 30.1. The van der Waals surface area contributed by atoms with Gasteiger partial charge in [-0.1, -0.05) is 107 Å². The van der Waals surface area contributed by atoms with Crippen molar-refractivity contribution in [3.63, 3.8) is 0 Å². The van der Waals surface area contributed by atoms with Crippen molar-refractivity contribution < 1.29 is 74.0 Å². The van der Waals surface area contributed by atoms with E-state index in [2.05, 4.69) is 5.32 Å². The molecule has 0 aromatic heterocycles. The van der Waals surface area contributed by atoms with Crippen molar-refractivity contribution in [2.45, 2.75) is 140 Å². The van der Waals surface area contributed by atoms with Crippen LogP contribution in [0, 0.1) is 47.4 Å². The lowest BCUT2D eigenvalue weighted by molar-refractivity contribution is 0.0937. The van der Waals surface area contributed by atoms with Crippen LogP contribution >= 0.6 is 0 Å². The van der Waals surface area contributed by atoms with Gasteiger partial charge in [0.25, 0.3) is 29.5 Å². The number of anilines is 4. The third-order valence-electron chi connectivity index (χ3n) is 22.1. The second kappa shape index (κ2) is 44.1. The molecule has 0 radical (unpaired) electrons. The molecular formula is C100H107F6N5O10. The van der Waals surface area contributed by atoms with Crippen molar-refractivity contribution in [1.29, 1.82) is 0 Å². The van der Waals surface area contributed by atoms with Crippen LogP contribution in [0.1, 0.15) is 180 Å². The van der Waals surface area contributed by atoms with Gasteiger partial charge in [-0.2, -0.15) is 0 Å². The highest BCUT2D eigenvalue weighted by Gasteiger charge is 2.32. The van der Waals surface area contributed by atoms with Crippen molar-refractivity contribution in [2.75, 3.05) is 85.4 Å². The summed E-state index contributed by atoms with van der Waals surface area (Å²) in [4.78, 5) is 70.7. The molecule has 0 bridgehead atoms. The number of halogens is 6. The molecule has 5 aliphatic heterocycles. The Hall–Kier alpha value is -12.4. The Balaban J connectivity index is 0.000000159. The number of ether oxygens (including phenoxy) is 5. The summed E-state index contributed by atoms with van der Waals surface area (Å²) in [5, 5.41) is 2.59. The molecule has 5 heterocycles. The molecular weight excluding hydrogens is 1550 g/mol. The molecule has 5 aliphatic rings. The monoisotopic (exact) mass is 1650 g/mol. The van der Waals surface area contributed by atoms with Crippen LogP contribution in [0.15, 0.2) is 229 Å². The molecule has 9 aromatic rings. The standard InChI is InChI=1S/2C22H24FNO2.2C21H22FNO2.C14H15F2NO2/c2*1-4-17(13-23)14-26-19-8-9-20-18(12-19)10-11-24(22(20)25)21-15(2)6-5-7-16(21)3;2*1-3-16(13-22)14-25-18-8-9-19-17(12-18)10-11-23(21(19)24)20-7-5-4-6-15(20)2;1-2-9(7-15)8-19-11-5-10-3-4-17-14(18)13(10)12(16)6-11/h2*5-9,12-13H,4,10-11,14H2,1-3H3;2*4-9,12-13H,3,10-11,14H2,1-2H3;5-7H,2-4,8H2,1H3,(H,17,18)/b17-13+;17-13-;16-13+;16-13-;9-7-. The highest BCUT2D eigenvalue weighted by atomic mass is 19.1. The fourth-order valence-electron chi connectivity index (χ4n) is 14.8. The van der Waals surface area contributed by atoms with E-state index in [4.69, 9.17) is 23.7 Å². The van der Waals surface area contributed by atoms with Crippen LogP contribution in [0.4, 0.5) is 49.1 Å². The number of amides is 5. The molecule has 0 saturated carbocycles. The van der Waals surface area contributed by atoms with E-state index in [1.54, 1.807) is 30.3 Å². The van der Waals surface area contributed by atoms with Gasteiger partial charge in [0.1, 0.15) is 67.6 Å². The molecule has 634 valence electrons. The Morgan fingerprint density at radius 2 is 0.603 bits per heavy atom. The SMILES string of the molecule is CC/C(=C/F)COc1cc(F)c2c(c1)CCNC2=O.CC/C(=C/F)COc1ccc2c(c1)CCN(c1c(C)cccc1C)C2=O.CC/C(=C/F)COc1ccc2c(c1)CCN(c1ccccc1C)C2=O.CC/C(=C\F)COc1ccc2c(c1)CCN(c1c(C)cccc1C)C2=O.CC/C(=C\F)COc1ccc2c(c1)CCN(c1ccccc1C)C2=O. The normalized spacial score (nSPS) is 14.5. The van der Waals surface area contributed by atoms with Crippen LogP contribution in [0.2, 0.25) is 0 Å². The smallest absolute Gasteiger partial charge is 0.258 e.